The number of nitrogens with two attached hydrogens (primary N) is 1. The van der Waals surface area contributed by atoms with Crippen molar-refractivity contribution in [2.75, 3.05) is 20.0 Å². The summed E-state index contributed by atoms with van der Waals surface area (Å²) in [6, 6.07) is 5.16. The highest BCUT2D eigenvalue weighted by Gasteiger charge is 2.17. The molecular formula is C11H12ClN3O2. The predicted molar refractivity (Wildman–Crippen MR) is 66.6 cm³/mol. The van der Waals surface area contributed by atoms with Gasteiger partial charge in [0.2, 0.25) is 0 Å². The summed E-state index contributed by atoms with van der Waals surface area (Å²) in [5.74, 6) is 1.55. The van der Waals surface area contributed by atoms with E-state index in [2.05, 4.69) is 10.2 Å². The molecule has 0 aliphatic heterocycles. The van der Waals surface area contributed by atoms with E-state index in [1.54, 1.807) is 32.4 Å². The Morgan fingerprint density at radius 3 is 2.59 bits per heavy atom. The Labute approximate surface area is 103 Å². The van der Waals surface area contributed by atoms with Crippen molar-refractivity contribution in [3.63, 3.8) is 0 Å². The van der Waals surface area contributed by atoms with E-state index in [4.69, 9.17) is 26.8 Å². The van der Waals surface area contributed by atoms with Gasteiger partial charge in [0, 0.05) is 6.07 Å². The second-order valence-corrected chi connectivity index (χ2v) is 3.77. The fourth-order valence-corrected chi connectivity index (χ4v) is 1.86. The highest BCUT2D eigenvalue weighted by atomic mass is 35.5. The van der Waals surface area contributed by atoms with Crippen LogP contribution in [0.4, 0.5) is 5.82 Å². The van der Waals surface area contributed by atoms with Crippen LogP contribution in [-0.2, 0) is 0 Å². The van der Waals surface area contributed by atoms with Crippen LogP contribution in [0.5, 0.6) is 11.5 Å². The Balaban J connectivity index is 2.68. The van der Waals surface area contributed by atoms with Gasteiger partial charge >= 0.3 is 0 Å². The summed E-state index contributed by atoms with van der Waals surface area (Å²) in [6.07, 6.45) is 0. The molecule has 0 saturated carbocycles. The Hall–Kier alpha value is -1.88. The zero-order valence-electron chi connectivity index (χ0n) is 9.45. The summed E-state index contributed by atoms with van der Waals surface area (Å²) in [6.45, 7) is 0. The van der Waals surface area contributed by atoms with Crippen molar-refractivity contribution >= 4 is 17.4 Å². The third-order valence-corrected chi connectivity index (χ3v) is 2.66. The van der Waals surface area contributed by atoms with Crippen LogP contribution in [0.3, 0.4) is 0 Å². The number of ether oxygens (including phenoxy) is 2. The van der Waals surface area contributed by atoms with Gasteiger partial charge in [-0.3, -0.25) is 5.10 Å². The van der Waals surface area contributed by atoms with Crippen molar-refractivity contribution in [3.05, 3.63) is 23.2 Å². The molecule has 0 amide bonds. The van der Waals surface area contributed by atoms with E-state index in [0.29, 0.717) is 33.6 Å². The monoisotopic (exact) mass is 253 g/mol. The summed E-state index contributed by atoms with van der Waals surface area (Å²) in [7, 11) is 3.12. The van der Waals surface area contributed by atoms with Gasteiger partial charge in [-0.2, -0.15) is 5.10 Å². The molecule has 5 nitrogen and oxygen atoms in total. The molecule has 17 heavy (non-hydrogen) atoms. The second kappa shape index (κ2) is 4.55. The first-order valence-corrected chi connectivity index (χ1v) is 5.27. The standard InChI is InChI=1S/C11H12ClN3O2/c1-16-8-4-3-6(12)11(17-2)10(8)7-5-9(13)15-14-7/h3-5H,1-2H3,(H3,13,14,15). The van der Waals surface area contributed by atoms with Crippen LogP contribution in [-0.4, -0.2) is 24.4 Å². The lowest BCUT2D eigenvalue weighted by molar-refractivity contribution is 0.397. The maximum absolute atomic E-state index is 6.07. The fourth-order valence-electron chi connectivity index (χ4n) is 1.63. The number of halogens is 1. The molecule has 1 aromatic carbocycles. The molecule has 0 atom stereocenters. The van der Waals surface area contributed by atoms with E-state index in [1.165, 1.54) is 0 Å². The highest BCUT2D eigenvalue weighted by molar-refractivity contribution is 6.32. The lowest BCUT2D eigenvalue weighted by atomic mass is 10.1. The number of benzene rings is 1. The molecule has 0 spiro atoms. The number of nitrogen functional groups attached to an aromatic ring is 1. The third-order valence-electron chi connectivity index (χ3n) is 2.36. The lowest BCUT2D eigenvalue weighted by Gasteiger charge is -2.12. The maximum Gasteiger partial charge on any atom is 0.150 e. The molecular weight excluding hydrogens is 242 g/mol. The Kier molecular flexibility index (Phi) is 3.10. The predicted octanol–water partition coefficient (Wildman–Crippen LogP) is 2.33. The molecule has 2 aromatic rings. The summed E-state index contributed by atoms with van der Waals surface area (Å²) in [5, 5.41) is 7.17. The number of nitrogens with zero attached hydrogens (tertiary/aromatic N) is 1. The van der Waals surface area contributed by atoms with Crippen molar-refractivity contribution in [2.45, 2.75) is 0 Å². The molecule has 1 aromatic heterocycles. The minimum atomic E-state index is 0.393. The number of nitrogens with one attached hydrogen (secondary N) is 1. The molecule has 3 N–H and O–H groups in total. The number of hydrogen-bond acceptors (Lipinski definition) is 4. The summed E-state index contributed by atoms with van der Waals surface area (Å²) in [4.78, 5) is 0. The summed E-state index contributed by atoms with van der Waals surface area (Å²) >= 11 is 6.07. The smallest absolute Gasteiger partial charge is 0.150 e. The van der Waals surface area contributed by atoms with Crippen molar-refractivity contribution in [1.29, 1.82) is 0 Å². The quantitative estimate of drug-likeness (QED) is 0.881. The van der Waals surface area contributed by atoms with Crippen molar-refractivity contribution < 1.29 is 9.47 Å². The van der Waals surface area contributed by atoms with Crippen LogP contribution in [0.25, 0.3) is 11.3 Å². The first-order valence-electron chi connectivity index (χ1n) is 4.89. The van der Waals surface area contributed by atoms with Gasteiger partial charge in [-0.05, 0) is 12.1 Å². The number of methoxy groups -OCH3 is 2. The van der Waals surface area contributed by atoms with Crippen LogP contribution in [0, 0.1) is 0 Å². The SMILES string of the molecule is COc1ccc(Cl)c(OC)c1-c1cc(N)n[nH]1. The van der Waals surface area contributed by atoms with E-state index < -0.39 is 0 Å². The molecule has 0 unspecified atom stereocenters. The van der Waals surface area contributed by atoms with Gasteiger partial charge in [0.05, 0.1) is 30.5 Å². The Morgan fingerprint density at radius 1 is 1.29 bits per heavy atom. The Morgan fingerprint density at radius 2 is 2.06 bits per heavy atom. The van der Waals surface area contributed by atoms with E-state index in [0.717, 1.165) is 0 Å². The molecule has 0 fully saturated rings. The topological polar surface area (TPSA) is 73.2 Å². The van der Waals surface area contributed by atoms with Crippen LogP contribution >= 0.6 is 11.6 Å². The first kappa shape index (κ1) is 11.6. The van der Waals surface area contributed by atoms with Crippen LogP contribution < -0.4 is 15.2 Å². The first-order chi connectivity index (χ1) is 8.17. The molecule has 1 heterocycles. The molecule has 2 rings (SSSR count). The maximum atomic E-state index is 6.07. The number of aromatic amines is 1. The fraction of sp³-hybridized carbons (Fsp3) is 0.182. The van der Waals surface area contributed by atoms with E-state index in [-0.39, 0.29) is 0 Å². The van der Waals surface area contributed by atoms with Gasteiger partial charge in [-0.15, -0.1) is 0 Å². The van der Waals surface area contributed by atoms with E-state index in [1.807, 2.05) is 0 Å². The van der Waals surface area contributed by atoms with Crippen LogP contribution in [0.2, 0.25) is 5.02 Å². The summed E-state index contributed by atoms with van der Waals surface area (Å²) < 4.78 is 10.6. The number of anilines is 1. The third kappa shape index (κ3) is 2.01. The van der Waals surface area contributed by atoms with Gasteiger partial charge in [-0.25, -0.2) is 0 Å². The van der Waals surface area contributed by atoms with E-state index in [9.17, 15) is 0 Å². The van der Waals surface area contributed by atoms with Crippen molar-refractivity contribution in [2.24, 2.45) is 0 Å². The van der Waals surface area contributed by atoms with Gasteiger partial charge < -0.3 is 15.2 Å². The zero-order chi connectivity index (χ0) is 12.4. The zero-order valence-corrected chi connectivity index (χ0v) is 10.2. The largest absolute Gasteiger partial charge is 0.496 e. The Bertz CT molecular complexity index is 540. The number of aromatic nitrogens is 2. The second-order valence-electron chi connectivity index (χ2n) is 3.36. The van der Waals surface area contributed by atoms with Crippen LogP contribution in [0.1, 0.15) is 0 Å². The average molecular weight is 254 g/mol. The average Bonchev–Trinajstić information content (AvgIpc) is 2.75. The minimum absolute atomic E-state index is 0.393. The molecule has 90 valence electrons. The number of rotatable bonds is 3. The van der Waals surface area contributed by atoms with Gasteiger partial charge in [0.1, 0.15) is 11.6 Å². The molecule has 0 radical (unpaired) electrons. The summed E-state index contributed by atoms with van der Waals surface area (Å²) in [5.41, 5.74) is 6.97. The molecule has 0 saturated heterocycles. The molecule has 0 bridgehead atoms. The lowest BCUT2D eigenvalue weighted by Crippen LogP contribution is -1.94. The highest BCUT2D eigenvalue weighted by Crippen LogP contribution is 2.42. The minimum Gasteiger partial charge on any atom is -0.496 e. The number of hydrogen-bond donors (Lipinski definition) is 2. The normalized spacial score (nSPS) is 10.3. The van der Waals surface area contributed by atoms with Crippen molar-refractivity contribution in [1.82, 2.24) is 10.2 Å². The molecule has 6 heteroatoms. The molecule has 0 aliphatic carbocycles. The van der Waals surface area contributed by atoms with Crippen LogP contribution in [0.15, 0.2) is 18.2 Å². The molecule has 0 aliphatic rings. The van der Waals surface area contributed by atoms with Crippen molar-refractivity contribution in [3.8, 4) is 22.8 Å². The number of H-pyrrole nitrogens is 1. The van der Waals surface area contributed by atoms with E-state index >= 15 is 0 Å². The van der Waals surface area contributed by atoms with Gasteiger partial charge in [0.15, 0.2) is 5.75 Å². The van der Waals surface area contributed by atoms with Gasteiger partial charge in [0.25, 0.3) is 0 Å². The van der Waals surface area contributed by atoms with Gasteiger partial charge in [-0.1, -0.05) is 11.6 Å².